The Morgan fingerprint density at radius 2 is 2.32 bits per heavy atom. The first kappa shape index (κ1) is 17.5. The smallest absolute Gasteiger partial charge is 0.226 e. The molecule has 3 rings (SSSR count). The molecule has 1 atom stereocenters. The number of carbonyl (C=O) groups excluding carboxylic acids is 1. The fourth-order valence-electron chi connectivity index (χ4n) is 3.24. The summed E-state index contributed by atoms with van der Waals surface area (Å²) >= 11 is 0. The summed E-state index contributed by atoms with van der Waals surface area (Å²) in [7, 11) is 0. The lowest BCUT2D eigenvalue weighted by Gasteiger charge is -2.27. The van der Waals surface area contributed by atoms with Gasteiger partial charge in [0.25, 0.3) is 0 Å². The molecule has 0 N–H and O–H groups in total. The van der Waals surface area contributed by atoms with Crippen molar-refractivity contribution in [2.24, 2.45) is 0 Å². The van der Waals surface area contributed by atoms with Crippen LogP contribution >= 0.6 is 0 Å². The first-order chi connectivity index (χ1) is 12.2. The van der Waals surface area contributed by atoms with E-state index in [1.165, 1.54) is 0 Å². The van der Waals surface area contributed by atoms with Crippen molar-refractivity contribution in [2.45, 2.75) is 45.7 Å². The van der Waals surface area contributed by atoms with E-state index in [-0.39, 0.29) is 11.9 Å². The molecule has 0 bridgehead atoms. The third kappa shape index (κ3) is 4.63. The highest BCUT2D eigenvalue weighted by Crippen LogP contribution is 2.18. The minimum atomic E-state index is 0.0550. The molecule has 3 heterocycles. The molecule has 0 aromatic carbocycles. The van der Waals surface area contributed by atoms with Crippen molar-refractivity contribution in [3.63, 3.8) is 0 Å². The first-order valence-corrected chi connectivity index (χ1v) is 8.86. The van der Waals surface area contributed by atoms with Crippen molar-refractivity contribution in [2.75, 3.05) is 19.6 Å². The van der Waals surface area contributed by atoms with Gasteiger partial charge in [-0.05, 0) is 18.6 Å². The second-order valence-electron chi connectivity index (χ2n) is 6.42. The molecule has 1 amide bonds. The Bertz CT molecular complexity index is 688. The topological polar surface area (TPSA) is 75.4 Å². The third-order valence-corrected chi connectivity index (χ3v) is 4.63. The summed E-state index contributed by atoms with van der Waals surface area (Å²) in [4.78, 5) is 25.1. The summed E-state index contributed by atoms with van der Waals surface area (Å²) in [5.74, 6) is 1.25. The summed E-state index contributed by atoms with van der Waals surface area (Å²) in [5.41, 5.74) is 1.10. The Labute approximate surface area is 148 Å². The van der Waals surface area contributed by atoms with Crippen molar-refractivity contribution in [3.8, 4) is 0 Å². The number of hydrogen-bond donors (Lipinski definition) is 0. The van der Waals surface area contributed by atoms with E-state index in [2.05, 4.69) is 26.1 Å². The van der Waals surface area contributed by atoms with Gasteiger partial charge in [0, 0.05) is 57.3 Å². The Morgan fingerprint density at radius 1 is 1.44 bits per heavy atom. The molecule has 0 aliphatic carbocycles. The number of rotatable bonds is 7. The summed E-state index contributed by atoms with van der Waals surface area (Å²) in [6, 6.07) is 6.20. The van der Waals surface area contributed by atoms with Gasteiger partial charge in [-0.2, -0.15) is 4.98 Å². The maximum Gasteiger partial charge on any atom is 0.226 e. The van der Waals surface area contributed by atoms with Gasteiger partial charge in [0.1, 0.15) is 0 Å². The normalized spacial score (nSPS) is 17.8. The van der Waals surface area contributed by atoms with E-state index in [0.717, 1.165) is 38.2 Å². The van der Waals surface area contributed by atoms with Gasteiger partial charge in [-0.1, -0.05) is 18.1 Å². The van der Waals surface area contributed by atoms with Crippen LogP contribution in [0.15, 0.2) is 28.9 Å². The first-order valence-electron chi connectivity index (χ1n) is 8.86. The van der Waals surface area contributed by atoms with Gasteiger partial charge in [0.05, 0.1) is 6.54 Å². The van der Waals surface area contributed by atoms with Gasteiger partial charge < -0.3 is 14.3 Å². The number of pyridine rings is 1. The van der Waals surface area contributed by atoms with E-state index < -0.39 is 0 Å². The lowest BCUT2D eigenvalue weighted by molar-refractivity contribution is -0.131. The van der Waals surface area contributed by atoms with Crippen molar-refractivity contribution >= 4 is 5.91 Å². The number of aryl methyl sites for hydroxylation is 1. The number of nitrogens with zero attached hydrogens (tertiary/aromatic N) is 5. The van der Waals surface area contributed by atoms with Crippen LogP contribution in [0.25, 0.3) is 0 Å². The average Bonchev–Trinajstić information content (AvgIpc) is 3.27. The van der Waals surface area contributed by atoms with E-state index in [1.54, 1.807) is 6.92 Å². The van der Waals surface area contributed by atoms with Crippen LogP contribution in [-0.2, 0) is 24.2 Å². The second kappa shape index (κ2) is 8.20. The molecule has 7 nitrogen and oxygen atoms in total. The van der Waals surface area contributed by atoms with Gasteiger partial charge >= 0.3 is 0 Å². The molecule has 2 aromatic heterocycles. The molecular weight excluding hydrogens is 318 g/mol. The maximum atomic E-state index is 12.1. The van der Waals surface area contributed by atoms with Crippen LogP contribution < -0.4 is 0 Å². The van der Waals surface area contributed by atoms with Gasteiger partial charge in [-0.25, -0.2) is 0 Å². The summed E-state index contributed by atoms with van der Waals surface area (Å²) in [6.07, 6.45) is 4.44. The van der Waals surface area contributed by atoms with Crippen LogP contribution in [0.4, 0.5) is 0 Å². The number of amides is 1. The van der Waals surface area contributed by atoms with Gasteiger partial charge in [0.15, 0.2) is 5.82 Å². The lowest BCUT2D eigenvalue weighted by Crippen LogP contribution is -2.40. The highest BCUT2D eigenvalue weighted by atomic mass is 16.5. The quantitative estimate of drug-likeness (QED) is 0.761. The Balaban J connectivity index is 1.55. The van der Waals surface area contributed by atoms with Crippen molar-refractivity contribution < 1.29 is 9.32 Å². The molecule has 1 aliphatic rings. The molecule has 2 aromatic rings. The molecule has 25 heavy (non-hydrogen) atoms. The predicted octanol–water partition coefficient (Wildman–Crippen LogP) is 1.69. The average molecular weight is 343 g/mol. The number of carbonyl (C=O) groups is 1. The van der Waals surface area contributed by atoms with E-state index in [4.69, 9.17) is 4.52 Å². The molecule has 0 spiro atoms. The van der Waals surface area contributed by atoms with Gasteiger partial charge in [-0.3, -0.25) is 9.78 Å². The Hall–Kier alpha value is -2.28. The number of aromatic nitrogens is 3. The molecule has 0 saturated carbocycles. The fraction of sp³-hybridized carbons (Fsp3) is 0.556. The minimum Gasteiger partial charge on any atom is -0.339 e. The molecule has 7 heteroatoms. The number of hydrogen-bond acceptors (Lipinski definition) is 6. The van der Waals surface area contributed by atoms with E-state index >= 15 is 0 Å². The number of likely N-dealkylation sites (tertiary alicyclic amines) is 1. The largest absolute Gasteiger partial charge is 0.339 e. The zero-order chi connectivity index (χ0) is 17.6. The Kier molecular flexibility index (Phi) is 5.75. The highest BCUT2D eigenvalue weighted by molar-refractivity contribution is 5.73. The molecule has 134 valence electrons. The second-order valence-corrected chi connectivity index (χ2v) is 6.42. The Morgan fingerprint density at radius 3 is 3.00 bits per heavy atom. The standard InChI is InChI=1S/C18H25N5O2/c1-3-18-20-17(21-25-18)13-23(14(2)24)16-8-11-22(12-16)10-7-15-6-4-5-9-19-15/h4-6,9,16H,3,7-8,10-13H2,1-2H3/t16-/m0/s1. The zero-order valence-corrected chi connectivity index (χ0v) is 14.9. The molecule has 1 saturated heterocycles. The van der Waals surface area contributed by atoms with Crippen molar-refractivity contribution in [1.82, 2.24) is 24.9 Å². The fourth-order valence-corrected chi connectivity index (χ4v) is 3.24. The van der Waals surface area contributed by atoms with E-state index in [0.29, 0.717) is 24.7 Å². The molecule has 0 unspecified atom stereocenters. The SMILES string of the molecule is CCc1nc(CN(C(C)=O)[C@H]2CCN(CCc3ccccn3)C2)no1. The monoisotopic (exact) mass is 343 g/mol. The maximum absolute atomic E-state index is 12.1. The lowest BCUT2D eigenvalue weighted by atomic mass is 10.2. The third-order valence-electron chi connectivity index (χ3n) is 4.63. The summed E-state index contributed by atoms with van der Waals surface area (Å²) in [5, 5.41) is 3.97. The van der Waals surface area contributed by atoms with Gasteiger partial charge in [-0.15, -0.1) is 0 Å². The molecular formula is C18H25N5O2. The summed E-state index contributed by atoms with van der Waals surface area (Å²) in [6.45, 7) is 6.82. The van der Waals surface area contributed by atoms with Crippen molar-refractivity contribution in [3.05, 3.63) is 41.8 Å². The molecule has 1 aliphatic heterocycles. The van der Waals surface area contributed by atoms with E-state index in [9.17, 15) is 4.79 Å². The van der Waals surface area contributed by atoms with Crippen molar-refractivity contribution in [1.29, 1.82) is 0 Å². The molecule has 0 radical (unpaired) electrons. The van der Waals surface area contributed by atoms with Crippen LogP contribution in [0.2, 0.25) is 0 Å². The van der Waals surface area contributed by atoms with Crippen LogP contribution in [0, 0.1) is 0 Å². The van der Waals surface area contributed by atoms with Crippen LogP contribution in [0.5, 0.6) is 0 Å². The van der Waals surface area contributed by atoms with Gasteiger partial charge in [0.2, 0.25) is 11.8 Å². The molecule has 1 fully saturated rings. The van der Waals surface area contributed by atoms with Crippen LogP contribution in [-0.4, -0.2) is 56.5 Å². The zero-order valence-electron chi connectivity index (χ0n) is 14.9. The van der Waals surface area contributed by atoms with Crippen LogP contribution in [0.1, 0.15) is 37.7 Å². The van der Waals surface area contributed by atoms with E-state index in [1.807, 2.05) is 30.2 Å². The highest BCUT2D eigenvalue weighted by Gasteiger charge is 2.30. The summed E-state index contributed by atoms with van der Waals surface area (Å²) < 4.78 is 5.15. The van der Waals surface area contributed by atoms with Crippen LogP contribution in [0.3, 0.4) is 0 Å². The predicted molar refractivity (Wildman–Crippen MR) is 92.7 cm³/mol. The minimum absolute atomic E-state index is 0.0550.